The van der Waals surface area contributed by atoms with E-state index in [0.29, 0.717) is 24.5 Å². The highest BCUT2D eigenvalue weighted by molar-refractivity contribution is 7.89. The molecule has 2 heterocycles. The molecule has 0 saturated carbocycles. The van der Waals surface area contributed by atoms with Gasteiger partial charge in [-0.3, -0.25) is 0 Å². The van der Waals surface area contributed by atoms with Gasteiger partial charge in [0.1, 0.15) is 0 Å². The third kappa shape index (κ3) is 3.60. The molecule has 0 aromatic carbocycles. The fourth-order valence-corrected chi connectivity index (χ4v) is 3.83. The van der Waals surface area contributed by atoms with Gasteiger partial charge < -0.3 is 15.2 Å². The fraction of sp³-hybridized carbons (Fsp3) is 0.692. The molecule has 1 saturated heterocycles. The minimum absolute atomic E-state index is 0.370. The van der Waals surface area contributed by atoms with Crippen LogP contribution in [0.15, 0.2) is 17.2 Å². The van der Waals surface area contributed by atoms with Crippen molar-refractivity contribution in [2.75, 3.05) is 39.8 Å². The Balaban J connectivity index is 2.10. The van der Waals surface area contributed by atoms with E-state index in [1.807, 2.05) is 14.0 Å². The maximum absolute atomic E-state index is 12.6. The van der Waals surface area contributed by atoms with E-state index in [4.69, 9.17) is 0 Å². The van der Waals surface area contributed by atoms with Crippen molar-refractivity contribution in [2.24, 2.45) is 0 Å². The molecule has 0 unspecified atom stereocenters. The standard InChI is InChI=1S/C13H24N4O2S/c1-3-14-10-12-9-13(11-15-12)20(18,19)17-6-4-5-16(2)7-8-17/h9,11,14-15H,3-8,10H2,1-2H3. The number of likely N-dealkylation sites (N-methyl/N-ethyl adjacent to an activating group) is 1. The smallest absolute Gasteiger partial charge is 0.244 e. The van der Waals surface area contributed by atoms with Gasteiger partial charge in [0.25, 0.3) is 0 Å². The van der Waals surface area contributed by atoms with Crippen molar-refractivity contribution in [1.29, 1.82) is 0 Å². The lowest BCUT2D eigenvalue weighted by atomic mass is 10.4. The SMILES string of the molecule is CCNCc1cc(S(=O)(=O)N2CCCN(C)CC2)c[nH]1. The second kappa shape index (κ2) is 6.71. The summed E-state index contributed by atoms with van der Waals surface area (Å²) >= 11 is 0. The van der Waals surface area contributed by atoms with Crippen molar-refractivity contribution < 1.29 is 8.42 Å². The molecule has 0 radical (unpaired) electrons. The maximum atomic E-state index is 12.6. The highest BCUT2D eigenvalue weighted by Gasteiger charge is 2.26. The van der Waals surface area contributed by atoms with E-state index in [9.17, 15) is 8.42 Å². The zero-order valence-electron chi connectivity index (χ0n) is 12.2. The number of sulfonamides is 1. The van der Waals surface area contributed by atoms with Crippen molar-refractivity contribution in [2.45, 2.75) is 24.8 Å². The molecule has 1 aliphatic rings. The topological polar surface area (TPSA) is 68.4 Å². The molecule has 0 atom stereocenters. The first-order valence-electron chi connectivity index (χ1n) is 7.10. The Labute approximate surface area is 121 Å². The van der Waals surface area contributed by atoms with Crippen LogP contribution in [0.3, 0.4) is 0 Å². The fourth-order valence-electron chi connectivity index (χ4n) is 2.34. The first-order valence-corrected chi connectivity index (χ1v) is 8.54. The molecule has 0 aliphatic carbocycles. The van der Waals surface area contributed by atoms with E-state index in [2.05, 4.69) is 15.2 Å². The number of hydrogen-bond donors (Lipinski definition) is 2. The summed E-state index contributed by atoms with van der Waals surface area (Å²) in [7, 11) is -1.34. The Morgan fingerprint density at radius 3 is 2.85 bits per heavy atom. The van der Waals surface area contributed by atoms with Crippen LogP contribution in [0.4, 0.5) is 0 Å². The summed E-state index contributed by atoms with van der Waals surface area (Å²) < 4.78 is 26.8. The van der Waals surface area contributed by atoms with Gasteiger partial charge in [-0.15, -0.1) is 0 Å². The molecule has 2 N–H and O–H groups in total. The molecule has 114 valence electrons. The van der Waals surface area contributed by atoms with Gasteiger partial charge in [0, 0.05) is 38.1 Å². The Morgan fingerprint density at radius 2 is 2.10 bits per heavy atom. The Hall–Kier alpha value is -0.890. The van der Waals surface area contributed by atoms with Gasteiger partial charge in [-0.05, 0) is 32.6 Å². The van der Waals surface area contributed by atoms with E-state index in [-0.39, 0.29) is 0 Å². The zero-order valence-corrected chi connectivity index (χ0v) is 13.0. The van der Waals surface area contributed by atoms with Crippen LogP contribution in [0.1, 0.15) is 19.0 Å². The average Bonchev–Trinajstić information content (AvgIpc) is 2.79. The highest BCUT2D eigenvalue weighted by Crippen LogP contribution is 2.18. The van der Waals surface area contributed by atoms with Gasteiger partial charge >= 0.3 is 0 Å². The van der Waals surface area contributed by atoms with E-state index < -0.39 is 10.0 Å². The molecule has 2 rings (SSSR count). The summed E-state index contributed by atoms with van der Waals surface area (Å²) in [5.74, 6) is 0. The summed E-state index contributed by atoms with van der Waals surface area (Å²) in [6.07, 6.45) is 2.47. The van der Waals surface area contributed by atoms with Crippen molar-refractivity contribution in [3.63, 3.8) is 0 Å². The van der Waals surface area contributed by atoms with Gasteiger partial charge in [-0.2, -0.15) is 4.31 Å². The molecular weight excluding hydrogens is 276 g/mol. The Morgan fingerprint density at radius 1 is 1.30 bits per heavy atom. The van der Waals surface area contributed by atoms with Crippen molar-refractivity contribution in [1.82, 2.24) is 19.5 Å². The van der Waals surface area contributed by atoms with E-state index in [0.717, 1.165) is 31.7 Å². The molecule has 1 fully saturated rings. The number of nitrogens with one attached hydrogen (secondary N) is 2. The van der Waals surface area contributed by atoms with Crippen LogP contribution in [-0.4, -0.2) is 62.4 Å². The molecule has 1 aromatic heterocycles. The normalized spacial score (nSPS) is 19.1. The number of aromatic nitrogens is 1. The van der Waals surface area contributed by atoms with Crippen molar-refractivity contribution in [3.05, 3.63) is 18.0 Å². The largest absolute Gasteiger partial charge is 0.363 e. The van der Waals surface area contributed by atoms with Crippen LogP contribution in [0.5, 0.6) is 0 Å². The molecule has 0 spiro atoms. The molecule has 6 nitrogen and oxygen atoms in total. The molecule has 0 bridgehead atoms. The van der Waals surface area contributed by atoms with Gasteiger partial charge in [-0.25, -0.2) is 8.42 Å². The predicted octanol–water partition coefficient (Wildman–Crippen LogP) is 0.450. The summed E-state index contributed by atoms with van der Waals surface area (Å²) in [6, 6.07) is 1.73. The zero-order chi connectivity index (χ0) is 14.6. The number of rotatable bonds is 5. The molecule has 7 heteroatoms. The summed E-state index contributed by atoms with van der Waals surface area (Å²) in [4.78, 5) is 5.57. The molecule has 20 heavy (non-hydrogen) atoms. The van der Waals surface area contributed by atoms with Gasteiger partial charge in [0.05, 0.1) is 4.90 Å². The van der Waals surface area contributed by atoms with Crippen LogP contribution in [-0.2, 0) is 16.6 Å². The summed E-state index contributed by atoms with van der Waals surface area (Å²) in [6.45, 7) is 6.44. The lowest BCUT2D eigenvalue weighted by Gasteiger charge is -2.19. The maximum Gasteiger partial charge on any atom is 0.244 e. The number of hydrogen-bond acceptors (Lipinski definition) is 4. The van der Waals surface area contributed by atoms with Crippen molar-refractivity contribution in [3.8, 4) is 0 Å². The Bertz CT molecular complexity index is 526. The Kier molecular flexibility index (Phi) is 5.20. The molecule has 1 aromatic rings. The first kappa shape index (κ1) is 15.5. The lowest BCUT2D eigenvalue weighted by molar-refractivity contribution is 0.347. The van der Waals surface area contributed by atoms with Gasteiger partial charge in [0.2, 0.25) is 10.0 Å². The van der Waals surface area contributed by atoms with E-state index in [1.54, 1.807) is 16.6 Å². The molecule has 1 aliphatic heterocycles. The quantitative estimate of drug-likeness (QED) is 0.828. The monoisotopic (exact) mass is 300 g/mol. The number of nitrogens with zero attached hydrogens (tertiary/aromatic N) is 2. The minimum Gasteiger partial charge on any atom is -0.363 e. The van der Waals surface area contributed by atoms with Crippen LogP contribution < -0.4 is 5.32 Å². The van der Waals surface area contributed by atoms with Crippen LogP contribution in [0, 0.1) is 0 Å². The van der Waals surface area contributed by atoms with E-state index >= 15 is 0 Å². The summed E-state index contributed by atoms with van der Waals surface area (Å²) in [5, 5.41) is 3.18. The van der Waals surface area contributed by atoms with Crippen LogP contribution in [0.2, 0.25) is 0 Å². The third-order valence-corrected chi connectivity index (χ3v) is 5.47. The van der Waals surface area contributed by atoms with Crippen LogP contribution >= 0.6 is 0 Å². The average molecular weight is 300 g/mol. The molecule has 0 amide bonds. The molecular formula is C13H24N4O2S. The minimum atomic E-state index is -3.37. The second-order valence-corrected chi connectivity index (χ2v) is 7.14. The van der Waals surface area contributed by atoms with Gasteiger partial charge in [0.15, 0.2) is 0 Å². The van der Waals surface area contributed by atoms with Crippen LogP contribution in [0.25, 0.3) is 0 Å². The predicted molar refractivity (Wildman–Crippen MR) is 79.0 cm³/mol. The van der Waals surface area contributed by atoms with E-state index in [1.165, 1.54) is 0 Å². The third-order valence-electron chi connectivity index (χ3n) is 3.60. The summed E-state index contributed by atoms with van der Waals surface area (Å²) in [5.41, 5.74) is 0.900. The number of aromatic amines is 1. The first-order chi connectivity index (χ1) is 9.54. The second-order valence-electron chi connectivity index (χ2n) is 5.20. The lowest BCUT2D eigenvalue weighted by Crippen LogP contribution is -2.34. The van der Waals surface area contributed by atoms with Gasteiger partial charge in [-0.1, -0.05) is 6.92 Å². The van der Waals surface area contributed by atoms with Crippen molar-refractivity contribution >= 4 is 10.0 Å². The highest BCUT2D eigenvalue weighted by atomic mass is 32.2. The number of H-pyrrole nitrogens is 1.